The zero-order valence-electron chi connectivity index (χ0n) is 9.09. The van der Waals surface area contributed by atoms with Crippen molar-refractivity contribution in [2.75, 3.05) is 19.6 Å². The summed E-state index contributed by atoms with van der Waals surface area (Å²) in [5.41, 5.74) is 0. The first-order valence-electron chi connectivity index (χ1n) is 4.98. The molecule has 0 saturated carbocycles. The second-order valence-corrected chi connectivity index (χ2v) is 5.57. The number of carbonyl (C=O) groups excluding carboxylic acids is 1. The summed E-state index contributed by atoms with van der Waals surface area (Å²) >= 11 is 4.78. The first-order valence-corrected chi connectivity index (χ1v) is 6.59. The van der Waals surface area contributed by atoms with E-state index in [2.05, 4.69) is 33.5 Å². The molecule has 1 aromatic rings. The van der Waals surface area contributed by atoms with Crippen molar-refractivity contribution in [3.8, 4) is 0 Å². The zero-order chi connectivity index (χ0) is 11.1. The highest BCUT2D eigenvalue weighted by atomic mass is 79.9. The highest BCUT2D eigenvalue weighted by molar-refractivity contribution is 9.11. The molecule has 0 aliphatic carbocycles. The van der Waals surface area contributed by atoms with E-state index in [0.717, 1.165) is 28.2 Å². The normalized spacial score (nSPS) is 9.62. The van der Waals surface area contributed by atoms with E-state index in [-0.39, 0.29) is 18.3 Å². The zero-order valence-corrected chi connectivity index (χ0v) is 12.3. The van der Waals surface area contributed by atoms with Crippen LogP contribution in [0.25, 0.3) is 0 Å². The molecule has 1 heterocycles. The van der Waals surface area contributed by atoms with E-state index >= 15 is 0 Å². The standard InChI is InChI=1S/C10H15BrN2OS.ClH/c1-2-5-12-6-7-13-10(14)8-3-4-9(11)15-8;/h3-4,12H,2,5-7H2,1H3,(H,13,14);1H. The third kappa shape index (κ3) is 5.84. The maximum Gasteiger partial charge on any atom is 0.261 e. The molecule has 2 N–H and O–H groups in total. The lowest BCUT2D eigenvalue weighted by atomic mass is 10.4. The van der Waals surface area contributed by atoms with Crippen molar-refractivity contribution in [1.82, 2.24) is 10.6 Å². The predicted octanol–water partition coefficient (Wildman–Crippen LogP) is 2.66. The lowest BCUT2D eigenvalue weighted by Gasteiger charge is -2.04. The number of carbonyl (C=O) groups is 1. The number of hydrogen-bond donors (Lipinski definition) is 2. The van der Waals surface area contributed by atoms with Gasteiger partial charge < -0.3 is 10.6 Å². The molecule has 6 heteroatoms. The highest BCUT2D eigenvalue weighted by Gasteiger charge is 2.06. The molecule has 0 aromatic carbocycles. The van der Waals surface area contributed by atoms with Crippen LogP contribution in [-0.4, -0.2) is 25.5 Å². The van der Waals surface area contributed by atoms with Gasteiger partial charge in [0.05, 0.1) is 8.66 Å². The molecule has 1 aromatic heterocycles. The van der Waals surface area contributed by atoms with Gasteiger partial charge in [-0.15, -0.1) is 23.7 Å². The van der Waals surface area contributed by atoms with Crippen molar-refractivity contribution in [2.24, 2.45) is 0 Å². The summed E-state index contributed by atoms with van der Waals surface area (Å²) in [6, 6.07) is 3.71. The van der Waals surface area contributed by atoms with E-state index in [1.807, 2.05) is 12.1 Å². The lowest BCUT2D eigenvalue weighted by Crippen LogP contribution is -2.31. The number of hydrogen-bond acceptors (Lipinski definition) is 3. The van der Waals surface area contributed by atoms with Crippen molar-refractivity contribution < 1.29 is 4.79 Å². The summed E-state index contributed by atoms with van der Waals surface area (Å²) in [6.07, 6.45) is 1.12. The molecule has 0 spiro atoms. The smallest absolute Gasteiger partial charge is 0.261 e. The summed E-state index contributed by atoms with van der Waals surface area (Å²) < 4.78 is 0.983. The topological polar surface area (TPSA) is 41.1 Å². The van der Waals surface area contributed by atoms with E-state index in [4.69, 9.17) is 0 Å². The molecule has 0 fully saturated rings. The van der Waals surface area contributed by atoms with Crippen LogP contribution in [0, 0.1) is 0 Å². The minimum absolute atomic E-state index is 0. The van der Waals surface area contributed by atoms with Gasteiger partial charge in [0.25, 0.3) is 5.91 Å². The fourth-order valence-corrected chi connectivity index (χ4v) is 2.39. The molecule has 0 aliphatic heterocycles. The molecule has 1 amide bonds. The number of nitrogens with one attached hydrogen (secondary N) is 2. The number of amides is 1. The van der Waals surface area contributed by atoms with Crippen molar-refractivity contribution in [3.63, 3.8) is 0 Å². The van der Waals surface area contributed by atoms with Gasteiger partial charge >= 0.3 is 0 Å². The van der Waals surface area contributed by atoms with E-state index in [0.29, 0.717) is 6.54 Å². The molecule has 0 saturated heterocycles. The fourth-order valence-electron chi connectivity index (χ4n) is 1.09. The molecule has 16 heavy (non-hydrogen) atoms. The Morgan fingerprint density at radius 2 is 2.12 bits per heavy atom. The lowest BCUT2D eigenvalue weighted by molar-refractivity contribution is 0.0958. The summed E-state index contributed by atoms with van der Waals surface area (Å²) in [6.45, 7) is 4.62. The molecule has 3 nitrogen and oxygen atoms in total. The van der Waals surface area contributed by atoms with Gasteiger partial charge in [-0.05, 0) is 41.0 Å². The maximum atomic E-state index is 11.5. The van der Waals surface area contributed by atoms with Gasteiger partial charge in [0.2, 0.25) is 0 Å². The van der Waals surface area contributed by atoms with Gasteiger partial charge in [-0.1, -0.05) is 6.92 Å². The molecule has 0 bridgehead atoms. The molecule has 0 radical (unpaired) electrons. The van der Waals surface area contributed by atoms with Crippen LogP contribution in [0.1, 0.15) is 23.0 Å². The van der Waals surface area contributed by atoms with Gasteiger partial charge in [-0.25, -0.2) is 0 Å². The second-order valence-electron chi connectivity index (χ2n) is 3.11. The molecular formula is C10H16BrClN2OS. The van der Waals surface area contributed by atoms with Gasteiger partial charge in [0.1, 0.15) is 0 Å². The van der Waals surface area contributed by atoms with Gasteiger partial charge in [-0.2, -0.15) is 0 Å². The predicted molar refractivity (Wildman–Crippen MR) is 74.8 cm³/mol. The van der Waals surface area contributed by atoms with E-state index in [9.17, 15) is 4.79 Å². The van der Waals surface area contributed by atoms with Crippen molar-refractivity contribution in [3.05, 3.63) is 20.8 Å². The number of halogens is 2. The Balaban J connectivity index is 0.00000225. The average Bonchev–Trinajstić information content (AvgIpc) is 2.64. The van der Waals surface area contributed by atoms with Crippen molar-refractivity contribution in [1.29, 1.82) is 0 Å². The quantitative estimate of drug-likeness (QED) is 0.789. The molecule has 0 atom stereocenters. The van der Waals surface area contributed by atoms with Crippen LogP contribution < -0.4 is 10.6 Å². The van der Waals surface area contributed by atoms with Gasteiger partial charge in [0.15, 0.2) is 0 Å². The molecule has 1 rings (SSSR count). The van der Waals surface area contributed by atoms with Gasteiger partial charge in [0, 0.05) is 13.1 Å². The highest BCUT2D eigenvalue weighted by Crippen LogP contribution is 2.21. The van der Waals surface area contributed by atoms with Crippen molar-refractivity contribution in [2.45, 2.75) is 13.3 Å². The Bertz CT molecular complexity index is 320. The van der Waals surface area contributed by atoms with Crippen LogP contribution in [0.5, 0.6) is 0 Å². The van der Waals surface area contributed by atoms with Crippen LogP contribution in [-0.2, 0) is 0 Å². The first kappa shape index (κ1) is 15.9. The maximum absolute atomic E-state index is 11.5. The van der Waals surface area contributed by atoms with Crippen LogP contribution in [0.3, 0.4) is 0 Å². The van der Waals surface area contributed by atoms with Gasteiger partial charge in [-0.3, -0.25) is 4.79 Å². The molecule has 0 unspecified atom stereocenters. The SMILES string of the molecule is CCCNCCNC(=O)c1ccc(Br)s1.Cl. The Labute approximate surface area is 115 Å². The summed E-state index contributed by atoms with van der Waals surface area (Å²) in [4.78, 5) is 12.3. The largest absolute Gasteiger partial charge is 0.350 e. The summed E-state index contributed by atoms with van der Waals surface area (Å²) in [5.74, 6) is 0.00370. The minimum atomic E-state index is 0. The third-order valence-corrected chi connectivity index (χ3v) is 3.43. The van der Waals surface area contributed by atoms with E-state index in [1.54, 1.807) is 0 Å². The van der Waals surface area contributed by atoms with E-state index in [1.165, 1.54) is 11.3 Å². The number of thiophene rings is 1. The summed E-state index contributed by atoms with van der Waals surface area (Å²) in [7, 11) is 0. The number of rotatable bonds is 6. The molecule has 92 valence electrons. The second kappa shape index (κ2) is 8.98. The third-order valence-electron chi connectivity index (χ3n) is 1.81. The van der Waals surface area contributed by atoms with Crippen molar-refractivity contribution >= 4 is 45.6 Å². The first-order chi connectivity index (χ1) is 7.24. The van der Waals surface area contributed by atoms with Crippen LogP contribution in [0.2, 0.25) is 0 Å². The summed E-state index contributed by atoms with van der Waals surface area (Å²) in [5, 5.41) is 6.09. The average molecular weight is 328 g/mol. The van der Waals surface area contributed by atoms with E-state index < -0.39 is 0 Å². The minimum Gasteiger partial charge on any atom is -0.350 e. The Morgan fingerprint density at radius 1 is 1.38 bits per heavy atom. The van der Waals surface area contributed by atoms with Crippen LogP contribution >= 0.6 is 39.7 Å². The Hall–Kier alpha value is -0.100. The van der Waals surface area contributed by atoms with Crippen LogP contribution in [0.4, 0.5) is 0 Å². The van der Waals surface area contributed by atoms with Crippen LogP contribution in [0.15, 0.2) is 15.9 Å². The fraction of sp³-hybridized carbons (Fsp3) is 0.500. The Kier molecular flexibility index (Phi) is 8.93. The molecular weight excluding hydrogens is 312 g/mol. The monoisotopic (exact) mass is 326 g/mol. The molecule has 0 aliphatic rings. The Morgan fingerprint density at radius 3 is 2.69 bits per heavy atom.